The van der Waals surface area contributed by atoms with E-state index in [1.54, 1.807) is 25.1 Å². The third kappa shape index (κ3) is 3.33. The number of alkyl halides is 2. The molecular formula is C16H12F3N3O3S. The van der Waals surface area contributed by atoms with E-state index in [0.29, 0.717) is 5.69 Å². The number of aryl methyl sites for hydroxylation is 1. The molecule has 0 saturated heterocycles. The quantitative estimate of drug-likeness (QED) is 0.744. The van der Waals surface area contributed by atoms with Gasteiger partial charge in [-0.15, -0.1) is 0 Å². The van der Waals surface area contributed by atoms with E-state index in [-0.39, 0.29) is 22.5 Å². The molecule has 1 aromatic carbocycles. The van der Waals surface area contributed by atoms with Crippen LogP contribution in [0.5, 0.6) is 0 Å². The fourth-order valence-electron chi connectivity index (χ4n) is 2.47. The normalized spacial score (nSPS) is 11.9. The van der Waals surface area contributed by atoms with E-state index in [1.165, 1.54) is 0 Å². The number of rotatable bonds is 4. The van der Waals surface area contributed by atoms with Gasteiger partial charge in [0.15, 0.2) is 0 Å². The van der Waals surface area contributed by atoms with Gasteiger partial charge in [-0.25, -0.2) is 26.7 Å². The molecule has 136 valence electrons. The van der Waals surface area contributed by atoms with Gasteiger partial charge in [0.25, 0.3) is 6.43 Å². The summed E-state index contributed by atoms with van der Waals surface area (Å²) in [6.45, 7) is 1.71. The molecule has 26 heavy (non-hydrogen) atoms. The van der Waals surface area contributed by atoms with E-state index in [4.69, 9.17) is 9.66 Å². The van der Waals surface area contributed by atoms with Crippen molar-refractivity contribution >= 4 is 10.0 Å². The van der Waals surface area contributed by atoms with E-state index >= 15 is 0 Å². The lowest BCUT2D eigenvalue weighted by molar-refractivity contribution is 0.113. The molecule has 6 nitrogen and oxygen atoms in total. The van der Waals surface area contributed by atoms with Crippen LogP contribution in [0.3, 0.4) is 0 Å². The van der Waals surface area contributed by atoms with E-state index in [9.17, 15) is 21.6 Å². The van der Waals surface area contributed by atoms with Gasteiger partial charge in [0, 0.05) is 5.69 Å². The van der Waals surface area contributed by atoms with Crippen LogP contribution in [0.1, 0.15) is 17.9 Å². The zero-order valence-corrected chi connectivity index (χ0v) is 14.1. The summed E-state index contributed by atoms with van der Waals surface area (Å²) in [6.07, 6.45) is -3.02. The van der Waals surface area contributed by atoms with Crippen molar-refractivity contribution in [2.24, 2.45) is 5.14 Å². The first-order valence-corrected chi connectivity index (χ1v) is 8.77. The second-order valence-corrected chi connectivity index (χ2v) is 6.96. The maximum Gasteiger partial charge on any atom is 0.298 e. The van der Waals surface area contributed by atoms with E-state index in [2.05, 4.69) is 10.1 Å². The number of hydrogen-bond acceptors (Lipinski definition) is 5. The largest absolute Gasteiger partial charge is 0.354 e. The summed E-state index contributed by atoms with van der Waals surface area (Å²) in [5, 5.41) is 8.56. The Morgan fingerprint density at radius 1 is 1.19 bits per heavy atom. The molecule has 10 heteroatoms. The maximum absolute atomic E-state index is 14.2. The predicted molar refractivity (Wildman–Crippen MR) is 86.2 cm³/mol. The Bertz CT molecular complexity index is 1080. The Labute approximate surface area is 146 Å². The number of sulfonamides is 1. The van der Waals surface area contributed by atoms with Gasteiger partial charge < -0.3 is 4.52 Å². The third-order valence-electron chi connectivity index (χ3n) is 3.57. The minimum atomic E-state index is -4.29. The molecule has 2 heterocycles. The lowest BCUT2D eigenvalue weighted by Gasteiger charge is -2.07. The van der Waals surface area contributed by atoms with Gasteiger partial charge in [0.2, 0.25) is 15.8 Å². The van der Waals surface area contributed by atoms with E-state index in [0.717, 1.165) is 18.2 Å². The van der Waals surface area contributed by atoms with Crippen LogP contribution < -0.4 is 5.14 Å². The molecule has 0 fully saturated rings. The zero-order valence-electron chi connectivity index (χ0n) is 13.3. The van der Waals surface area contributed by atoms with Gasteiger partial charge in [-0.2, -0.15) is 0 Å². The molecule has 0 unspecified atom stereocenters. The number of nitrogens with zero attached hydrogens (tertiary/aromatic N) is 2. The molecule has 3 rings (SSSR count). The van der Waals surface area contributed by atoms with Crippen molar-refractivity contribution in [2.45, 2.75) is 18.2 Å². The average molecular weight is 383 g/mol. The molecule has 2 N–H and O–H groups in total. The number of benzene rings is 1. The van der Waals surface area contributed by atoms with Crippen LogP contribution in [0, 0.1) is 12.7 Å². The third-order valence-corrected chi connectivity index (χ3v) is 4.52. The summed E-state index contributed by atoms with van der Waals surface area (Å²) in [5.74, 6) is -1.94. The average Bonchev–Trinajstić information content (AvgIpc) is 2.98. The fourth-order valence-corrected chi connectivity index (χ4v) is 3.06. The van der Waals surface area contributed by atoms with Crippen LogP contribution in [-0.4, -0.2) is 18.6 Å². The monoisotopic (exact) mass is 383 g/mol. The lowest BCUT2D eigenvalue weighted by atomic mass is 10.0. The maximum atomic E-state index is 14.2. The molecule has 0 atom stereocenters. The summed E-state index contributed by atoms with van der Waals surface area (Å²) in [4.78, 5) is 3.46. The van der Waals surface area contributed by atoms with Crippen molar-refractivity contribution < 1.29 is 26.1 Å². The molecule has 2 aromatic heterocycles. The number of primary sulfonamides is 1. The standard InChI is InChI=1S/C16H12F3N3O3S/c1-8-3-2-4-11(21-8)14-13(15(16(18)19)25-22-14)9-5-6-12(10(17)7-9)26(20,23)24/h2-7,16H,1H3,(H2,20,23,24). The molecule has 0 amide bonds. The van der Waals surface area contributed by atoms with Crippen LogP contribution in [0.15, 0.2) is 45.8 Å². The lowest BCUT2D eigenvalue weighted by Crippen LogP contribution is -2.14. The summed E-state index contributed by atoms with van der Waals surface area (Å²) >= 11 is 0. The first-order chi connectivity index (χ1) is 12.2. The highest BCUT2D eigenvalue weighted by Gasteiger charge is 2.27. The molecule has 3 aromatic rings. The molecule has 0 saturated carbocycles. The summed E-state index contributed by atoms with van der Waals surface area (Å²) in [5.41, 5.74) is 0.659. The number of pyridine rings is 1. The number of aromatic nitrogens is 2. The van der Waals surface area contributed by atoms with Crippen LogP contribution in [0.2, 0.25) is 0 Å². The highest BCUT2D eigenvalue weighted by atomic mass is 32.2. The highest BCUT2D eigenvalue weighted by molar-refractivity contribution is 7.89. The van der Waals surface area contributed by atoms with Crippen molar-refractivity contribution in [3.8, 4) is 22.5 Å². The molecule has 0 aliphatic rings. The first-order valence-electron chi connectivity index (χ1n) is 7.23. The van der Waals surface area contributed by atoms with E-state index < -0.39 is 32.9 Å². The van der Waals surface area contributed by atoms with Crippen molar-refractivity contribution in [1.82, 2.24) is 10.1 Å². The molecule has 0 aliphatic carbocycles. The first kappa shape index (κ1) is 18.1. The van der Waals surface area contributed by atoms with Gasteiger partial charge in [-0.1, -0.05) is 17.3 Å². The Balaban J connectivity index is 2.24. The Morgan fingerprint density at radius 3 is 2.50 bits per heavy atom. The molecular weight excluding hydrogens is 371 g/mol. The van der Waals surface area contributed by atoms with Crippen molar-refractivity contribution in [3.63, 3.8) is 0 Å². The van der Waals surface area contributed by atoms with Crippen LogP contribution in [0.4, 0.5) is 13.2 Å². The van der Waals surface area contributed by atoms with Crippen LogP contribution in [0.25, 0.3) is 22.5 Å². The van der Waals surface area contributed by atoms with Gasteiger partial charge >= 0.3 is 0 Å². The smallest absolute Gasteiger partial charge is 0.298 e. The highest BCUT2D eigenvalue weighted by Crippen LogP contribution is 2.39. The minimum absolute atomic E-state index is 0.00763. The summed E-state index contributed by atoms with van der Waals surface area (Å²) in [6, 6.07) is 7.74. The topological polar surface area (TPSA) is 99.1 Å². The Kier molecular flexibility index (Phi) is 4.55. The summed E-state index contributed by atoms with van der Waals surface area (Å²) < 4.78 is 68.2. The predicted octanol–water partition coefficient (Wildman–Crippen LogP) is 3.44. The second kappa shape index (κ2) is 6.54. The molecule has 0 radical (unpaired) electrons. The van der Waals surface area contributed by atoms with Crippen LogP contribution >= 0.6 is 0 Å². The van der Waals surface area contributed by atoms with E-state index in [1.807, 2.05) is 0 Å². The minimum Gasteiger partial charge on any atom is -0.354 e. The Hall–Kier alpha value is -2.72. The number of hydrogen-bond donors (Lipinski definition) is 1. The molecule has 0 spiro atoms. The number of halogens is 3. The van der Waals surface area contributed by atoms with Crippen molar-refractivity contribution in [2.75, 3.05) is 0 Å². The van der Waals surface area contributed by atoms with Crippen LogP contribution in [-0.2, 0) is 10.0 Å². The Morgan fingerprint density at radius 2 is 1.92 bits per heavy atom. The SMILES string of the molecule is Cc1cccc(-c2noc(C(F)F)c2-c2ccc(S(N)(=O)=O)c(F)c2)n1. The van der Waals surface area contributed by atoms with Gasteiger partial charge in [-0.05, 0) is 36.8 Å². The number of nitrogens with two attached hydrogens (primary N) is 1. The van der Waals surface area contributed by atoms with Gasteiger partial charge in [-0.3, -0.25) is 4.98 Å². The van der Waals surface area contributed by atoms with Gasteiger partial charge in [0.05, 0.1) is 11.3 Å². The second-order valence-electron chi connectivity index (χ2n) is 5.43. The molecule has 0 aliphatic heterocycles. The van der Waals surface area contributed by atoms with Crippen molar-refractivity contribution in [3.05, 3.63) is 53.7 Å². The molecule has 0 bridgehead atoms. The van der Waals surface area contributed by atoms with Crippen molar-refractivity contribution in [1.29, 1.82) is 0 Å². The fraction of sp³-hybridized carbons (Fsp3) is 0.125. The summed E-state index contributed by atoms with van der Waals surface area (Å²) in [7, 11) is -4.29. The van der Waals surface area contributed by atoms with Gasteiger partial charge in [0.1, 0.15) is 16.4 Å². The zero-order chi connectivity index (χ0) is 19.1.